The van der Waals surface area contributed by atoms with Crippen molar-refractivity contribution in [3.8, 4) is 56.4 Å². The van der Waals surface area contributed by atoms with Crippen molar-refractivity contribution >= 4 is 23.1 Å². The van der Waals surface area contributed by atoms with E-state index in [-0.39, 0.29) is 6.71 Å². The molecule has 8 rings (SSSR count). The van der Waals surface area contributed by atoms with Crippen LogP contribution < -0.4 is 25.9 Å². The Kier molecular flexibility index (Phi) is 5.40. The zero-order chi connectivity index (χ0) is 27.5. The van der Waals surface area contributed by atoms with E-state index in [0.717, 1.165) is 45.1 Å². The van der Waals surface area contributed by atoms with Gasteiger partial charge in [-0.3, -0.25) is 0 Å². The van der Waals surface area contributed by atoms with E-state index in [1.54, 1.807) is 0 Å². The largest absolute Gasteiger partial charge is 0.458 e. The van der Waals surface area contributed by atoms with Crippen LogP contribution in [0.15, 0.2) is 127 Å². The van der Waals surface area contributed by atoms with Crippen molar-refractivity contribution < 1.29 is 9.47 Å². The Hall–Kier alpha value is -5.02. The fourth-order valence-corrected chi connectivity index (χ4v) is 6.45. The molecule has 0 saturated heterocycles. The number of ether oxygens (including phenoxy) is 2. The summed E-state index contributed by atoms with van der Waals surface area (Å²) in [6.45, 7) is 4.31. The van der Waals surface area contributed by atoms with Crippen LogP contribution in [0, 0.1) is 13.8 Å². The van der Waals surface area contributed by atoms with Crippen molar-refractivity contribution in [2.45, 2.75) is 13.8 Å². The summed E-state index contributed by atoms with van der Waals surface area (Å²) in [6, 6.07) is 45.1. The molecule has 194 valence electrons. The van der Waals surface area contributed by atoms with Crippen molar-refractivity contribution in [3.05, 3.63) is 139 Å². The van der Waals surface area contributed by atoms with Crippen LogP contribution in [-0.2, 0) is 0 Å². The fourth-order valence-electron chi connectivity index (χ4n) is 6.45. The normalized spacial score (nSPS) is 12.5. The zero-order valence-corrected chi connectivity index (χ0v) is 23.0. The molecule has 2 heterocycles. The summed E-state index contributed by atoms with van der Waals surface area (Å²) in [4.78, 5) is 0. The molecule has 0 atom stereocenters. The second-order valence-electron chi connectivity index (χ2n) is 11.0. The van der Waals surface area contributed by atoms with E-state index in [2.05, 4.69) is 135 Å². The standard InChI is InChI=1S/C38H27BO2/c1-24-10-6-8-14-29(24)28-17-20-34-33(22-28)39-32-19-16-27(26-12-4-3-5-13-26)23-36(32)40-35-21-18-31(38(41-34)37(35)39)30-15-9-7-11-25(30)2/h3-23H,1-2H3. The monoisotopic (exact) mass is 526 g/mol. The Bertz CT molecular complexity index is 1980. The molecule has 6 aromatic carbocycles. The second-order valence-corrected chi connectivity index (χ2v) is 11.0. The van der Waals surface area contributed by atoms with Crippen LogP contribution in [0.25, 0.3) is 33.4 Å². The molecule has 0 bridgehead atoms. The third kappa shape index (κ3) is 3.81. The number of hydrogen-bond donors (Lipinski definition) is 0. The van der Waals surface area contributed by atoms with Gasteiger partial charge in [0.2, 0.25) is 0 Å². The lowest BCUT2D eigenvalue weighted by atomic mass is 9.34. The van der Waals surface area contributed by atoms with Crippen molar-refractivity contribution in [2.24, 2.45) is 0 Å². The minimum Gasteiger partial charge on any atom is -0.458 e. The van der Waals surface area contributed by atoms with Crippen LogP contribution >= 0.6 is 0 Å². The molecule has 0 amide bonds. The smallest absolute Gasteiger partial charge is 0.260 e. The van der Waals surface area contributed by atoms with E-state index < -0.39 is 0 Å². The lowest BCUT2D eigenvalue weighted by Crippen LogP contribution is -2.57. The maximum Gasteiger partial charge on any atom is 0.260 e. The minimum absolute atomic E-state index is 0.00902. The van der Waals surface area contributed by atoms with Crippen LogP contribution in [0.1, 0.15) is 11.1 Å². The molecular formula is C38H27BO2. The molecule has 0 saturated carbocycles. The molecule has 0 aromatic heterocycles. The molecule has 0 unspecified atom stereocenters. The number of fused-ring (bicyclic) bond motifs is 4. The number of hydrogen-bond acceptors (Lipinski definition) is 2. The van der Waals surface area contributed by atoms with Gasteiger partial charge in [0.15, 0.2) is 0 Å². The molecule has 2 aliphatic rings. The van der Waals surface area contributed by atoms with Gasteiger partial charge in [0.1, 0.15) is 23.0 Å². The molecule has 41 heavy (non-hydrogen) atoms. The van der Waals surface area contributed by atoms with E-state index in [9.17, 15) is 0 Å². The van der Waals surface area contributed by atoms with Crippen LogP contribution in [0.2, 0.25) is 0 Å². The third-order valence-electron chi connectivity index (χ3n) is 8.52. The first kappa shape index (κ1) is 23.8. The summed E-state index contributed by atoms with van der Waals surface area (Å²) in [5.74, 6) is 3.53. The Balaban J connectivity index is 1.37. The summed E-state index contributed by atoms with van der Waals surface area (Å²) in [6.07, 6.45) is 0. The first-order chi connectivity index (χ1) is 20.2. The number of rotatable bonds is 3. The predicted molar refractivity (Wildman–Crippen MR) is 170 cm³/mol. The van der Waals surface area contributed by atoms with Crippen molar-refractivity contribution in [1.82, 2.24) is 0 Å². The van der Waals surface area contributed by atoms with Gasteiger partial charge in [0.05, 0.1) is 0 Å². The molecule has 0 aliphatic carbocycles. The summed E-state index contributed by atoms with van der Waals surface area (Å²) in [7, 11) is 0. The Labute approximate surface area is 240 Å². The van der Waals surface area contributed by atoms with Crippen LogP contribution in [0.5, 0.6) is 23.0 Å². The SMILES string of the molecule is Cc1ccccc1-c1ccc2c(c1)B1c3ccc(-c4ccccc4)cc3Oc3ccc(-c4ccccc4C)c(c31)O2. The van der Waals surface area contributed by atoms with Gasteiger partial charge in [0.25, 0.3) is 6.71 Å². The van der Waals surface area contributed by atoms with Gasteiger partial charge in [-0.15, -0.1) is 0 Å². The van der Waals surface area contributed by atoms with Crippen LogP contribution in [0.4, 0.5) is 0 Å². The van der Waals surface area contributed by atoms with E-state index in [4.69, 9.17) is 9.47 Å². The summed E-state index contributed by atoms with van der Waals surface area (Å²) >= 11 is 0. The summed E-state index contributed by atoms with van der Waals surface area (Å²) in [5.41, 5.74) is 12.9. The first-order valence-corrected chi connectivity index (χ1v) is 14.1. The topological polar surface area (TPSA) is 18.5 Å². The number of benzene rings is 6. The highest BCUT2D eigenvalue weighted by atomic mass is 16.5. The van der Waals surface area contributed by atoms with Gasteiger partial charge in [-0.2, -0.15) is 0 Å². The molecule has 0 fully saturated rings. The fraction of sp³-hybridized carbons (Fsp3) is 0.0526. The van der Waals surface area contributed by atoms with Gasteiger partial charge >= 0.3 is 0 Å². The molecule has 0 N–H and O–H groups in total. The molecule has 6 aromatic rings. The lowest BCUT2D eigenvalue weighted by Gasteiger charge is -2.34. The van der Waals surface area contributed by atoms with Crippen LogP contribution in [0.3, 0.4) is 0 Å². The molecular weight excluding hydrogens is 499 g/mol. The van der Waals surface area contributed by atoms with Crippen molar-refractivity contribution in [1.29, 1.82) is 0 Å². The van der Waals surface area contributed by atoms with Gasteiger partial charge in [-0.25, -0.2) is 0 Å². The molecule has 3 heteroatoms. The highest BCUT2D eigenvalue weighted by Crippen LogP contribution is 2.42. The number of aryl methyl sites for hydroxylation is 2. The van der Waals surface area contributed by atoms with E-state index in [0.29, 0.717) is 0 Å². The van der Waals surface area contributed by atoms with Crippen molar-refractivity contribution in [2.75, 3.05) is 0 Å². The quantitative estimate of drug-likeness (QED) is 0.217. The maximum absolute atomic E-state index is 6.81. The molecule has 0 radical (unpaired) electrons. The maximum atomic E-state index is 6.81. The van der Waals surface area contributed by atoms with Crippen molar-refractivity contribution in [3.63, 3.8) is 0 Å². The first-order valence-electron chi connectivity index (χ1n) is 14.1. The molecule has 2 nitrogen and oxygen atoms in total. The average molecular weight is 526 g/mol. The summed E-state index contributed by atoms with van der Waals surface area (Å²) in [5, 5.41) is 0. The van der Waals surface area contributed by atoms with Gasteiger partial charge < -0.3 is 9.47 Å². The second kappa shape index (κ2) is 9.28. The molecule has 0 spiro atoms. The highest BCUT2D eigenvalue weighted by molar-refractivity contribution is 6.98. The zero-order valence-electron chi connectivity index (χ0n) is 23.0. The summed E-state index contributed by atoms with van der Waals surface area (Å²) < 4.78 is 13.5. The third-order valence-corrected chi connectivity index (χ3v) is 8.52. The van der Waals surface area contributed by atoms with Gasteiger partial charge in [0, 0.05) is 11.0 Å². The van der Waals surface area contributed by atoms with Crippen LogP contribution in [-0.4, -0.2) is 6.71 Å². The lowest BCUT2D eigenvalue weighted by molar-refractivity contribution is 0.466. The Morgan fingerprint density at radius 2 is 1.12 bits per heavy atom. The van der Waals surface area contributed by atoms with Gasteiger partial charge in [-0.1, -0.05) is 103 Å². The van der Waals surface area contributed by atoms with E-state index in [1.165, 1.54) is 38.8 Å². The minimum atomic E-state index is -0.00902. The Morgan fingerprint density at radius 1 is 0.439 bits per heavy atom. The van der Waals surface area contributed by atoms with E-state index >= 15 is 0 Å². The molecule has 2 aliphatic heterocycles. The van der Waals surface area contributed by atoms with E-state index in [1.807, 2.05) is 6.07 Å². The Morgan fingerprint density at radius 3 is 1.90 bits per heavy atom. The average Bonchev–Trinajstić information content (AvgIpc) is 3.01. The highest BCUT2D eigenvalue weighted by Gasteiger charge is 2.41. The van der Waals surface area contributed by atoms with Gasteiger partial charge in [-0.05, 0) is 88.0 Å². The predicted octanol–water partition coefficient (Wildman–Crippen LogP) is 8.03.